The smallest absolute Gasteiger partial charge is 0.213 e. The predicted octanol–water partition coefficient (Wildman–Crippen LogP) is 5.57. The highest BCUT2D eigenvalue weighted by atomic mass is 35.5. The fourth-order valence-electron chi connectivity index (χ4n) is 3.29. The number of carbonyl (C=O) groups excluding carboxylic acids is 1. The highest BCUT2D eigenvalue weighted by Crippen LogP contribution is 2.29. The Labute approximate surface area is 169 Å². The molecule has 3 aromatic heterocycles. The van der Waals surface area contributed by atoms with E-state index in [2.05, 4.69) is 22.2 Å². The summed E-state index contributed by atoms with van der Waals surface area (Å²) in [6.45, 7) is 2.04. The van der Waals surface area contributed by atoms with Gasteiger partial charge in [0.15, 0.2) is 6.29 Å². The van der Waals surface area contributed by atoms with Crippen LogP contribution in [0, 0.1) is 6.92 Å². The van der Waals surface area contributed by atoms with E-state index in [-0.39, 0.29) is 0 Å². The van der Waals surface area contributed by atoms with Crippen LogP contribution in [0.5, 0.6) is 0 Å². The lowest BCUT2D eigenvalue weighted by Crippen LogP contribution is -1.96. The SMILES string of the molecule is Cc1ccc2c(Cc3nn4c(C=O)c(-c5ccc(Cl)cc5)nc4s3)coc2c1. The summed E-state index contributed by atoms with van der Waals surface area (Å²) in [4.78, 5) is 17.1. The van der Waals surface area contributed by atoms with Crippen LogP contribution in [0.4, 0.5) is 0 Å². The zero-order valence-corrected chi connectivity index (χ0v) is 16.4. The van der Waals surface area contributed by atoms with E-state index in [9.17, 15) is 4.79 Å². The van der Waals surface area contributed by atoms with Crippen molar-refractivity contribution in [2.24, 2.45) is 0 Å². The van der Waals surface area contributed by atoms with Crippen LogP contribution in [0.25, 0.3) is 27.2 Å². The van der Waals surface area contributed by atoms with E-state index < -0.39 is 0 Å². The first-order chi connectivity index (χ1) is 13.6. The van der Waals surface area contributed by atoms with Crippen molar-refractivity contribution < 1.29 is 9.21 Å². The maximum Gasteiger partial charge on any atom is 0.213 e. The second-order valence-corrected chi connectivity index (χ2v) is 8.07. The Bertz CT molecular complexity index is 1330. The zero-order chi connectivity index (χ0) is 19.3. The van der Waals surface area contributed by atoms with Crippen LogP contribution in [0.3, 0.4) is 0 Å². The summed E-state index contributed by atoms with van der Waals surface area (Å²) < 4.78 is 7.29. The van der Waals surface area contributed by atoms with E-state index in [4.69, 9.17) is 16.0 Å². The van der Waals surface area contributed by atoms with Gasteiger partial charge in [0.2, 0.25) is 4.96 Å². The maximum absolute atomic E-state index is 11.7. The number of hydrogen-bond acceptors (Lipinski definition) is 5. The van der Waals surface area contributed by atoms with Crippen molar-refractivity contribution in [1.82, 2.24) is 14.6 Å². The Balaban J connectivity index is 1.54. The lowest BCUT2D eigenvalue weighted by molar-refractivity contribution is 0.111. The molecule has 0 bridgehead atoms. The molecular weight excluding hydrogens is 394 g/mol. The number of furan rings is 1. The summed E-state index contributed by atoms with van der Waals surface area (Å²) in [5, 5.41) is 7.21. The molecule has 3 heterocycles. The molecule has 0 saturated heterocycles. The number of hydrogen-bond donors (Lipinski definition) is 0. The van der Waals surface area contributed by atoms with E-state index in [1.54, 1.807) is 22.9 Å². The summed E-state index contributed by atoms with van der Waals surface area (Å²) >= 11 is 7.43. The van der Waals surface area contributed by atoms with Gasteiger partial charge in [-0.25, -0.2) is 4.98 Å². The lowest BCUT2D eigenvalue weighted by atomic mass is 10.1. The standard InChI is InChI=1S/C21H14ClN3O2S/c1-12-2-7-16-14(11-27-18(16)8-12)9-19-24-25-17(10-26)20(23-21(25)28-19)13-3-5-15(22)6-4-13/h2-8,10-11H,9H2,1H3. The molecule has 0 radical (unpaired) electrons. The molecule has 7 heteroatoms. The molecule has 138 valence electrons. The average Bonchev–Trinajstić information content (AvgIpc) is 3.35. The number of benzene rings is 2. The van der Waals surface area contributed by atoms with E-state index in [1.165, 1.54) is 11.3 Å². The molecule has 5 nitrogen and oxygen atoms in total. The van der Waals surface area contributed by atoms with Crippen LogP contribution in [-0.2, 0) is 6.42 Å². The van der Waals surface area contributed by atoms with Crippen molar-refractivity contribution in [2.75, 3.05) is 0 Å². The fourth-order valence-corrected chi connectivity index (χ4v) is 4.34. The van der Waals surface area contributed by atoms with Crippen LogP contribution in [0.1, 0.15) is 26.6 Å². The molecule has 0 aliphatic rings. The minimum absolute atomic E-state index is 0.437. The van der Waals surface area contributed by atoms with Crippen molar-refractivity contribution in [1.29, 1.82) is 0 Å². The van der Waals surface area contributed by atoms with Crippen molar-refractivity contribution in [3.8, 4) is 11.3 Å². The molecule has 0 spiro atoms. The molecule has 2 aromatic carbocycles. The normalized spacial score (nSPS) is 11.5. The number of imidazole rings is 1. The van der Waals surface area contributed by atoms with Crippen LogP contribution < -0.4 is 0 Å². The molecule has 5 aromatic rings. The quantitative estimate of drug-likeness (QED) is 0.365. The van der Waals surface area contributed by atoms with Gasteiger partial charge in [-0.3, -0.25) is 4.79 Å². The predicted molar refractivity (Wildman–Crippen MR) is 110 cm³/mol. The molecule has 5 rings (SSSR count). The van der Waals surface area contributed by atoms with Gasteiger partial charge in [0, 0.05) is 28.0 Å². The van der Waals surface area contributed by atoms with Gasteiger partial charge in [-0.05, 0) is 30.7 Å². The number of aromatic nitrogens is 3. The fraction of sp³-hybridized carbons (Fsp3) is 0.0952. The van der Waals surface area contributed by atoms with Gasteiger partial charge in [-0.1, -0.05) is 47.2 Å². The van der Waals surface area contributed by atoms with Gasteiger partial charge in [0.05, 0.1) is 6.26 Å². The third kappa shape index (κ3) is 2.82. The highest BCUT2D eigenvalue weighted by molar-refractivity contribution is 7.16. The van der Waals surface area contributed by atoms with Gasteiger partial charge >= 0.3 is 0 Å². The van der Waals surface area contributed by atoms with Crippen molar-refractivity contribution >= 4 is 45.2 Å². The Morgan fingerprint density at radius 3 is 2.82 bits per heavy atom. The number of halogens is 1. The Morgan fingerprint density at radius 1 is 1.21 bits per heavy atom. The van der Waals surface area contributed by atoms with E-state index in [1.807, 2.05) is 25.1 Å². The van der Waals surface area contributed by atoms with E-state index >= 15 is 0 Å². The number of carbonyl (C=O) groups is 1. The maximum atomic E-state index is 11.7. The van der Waals surface area contributed by atoms with E-state index in [0.29, 0.717) is 27.8 Å². The molecule has 0 unspecified atom stereocenters. The molecule has 0 saturated carbocycles. The minimum Gasteiger partial charge on any atom is -0.464 e. The molecule has 0 aliphatic carbocycles. The number of nitrogens with zero attached hydrogens (tertiary/aromatic N) is 3. The second-order valence-electron chi connectivity index (χ2n) is 6.60. The molecule has 0 fully saturated rings. The average molecular weight is 408 g/mol. The summed E-state index contributed by atoms with van der Waals surface area (Å²) in [6.07, 6.45) is 3.19. The van der Waals surface area contributed by atoms with Crippen LogP contribution in [0.2, 0.25) is 5.02 Å². The summed E-state index contributed by atoms with van der Waals surface area (Å²) in [5.74, 6) is 0. The van der Waals surface area contributed by atoms with Crippen molar-refractivity contribution in [3.63, 3.8) is 0 Å². The summed E-state index contributed by atoms with van der Waals surface area (Å²) in [5.41, 5.74) is 4.98. The topological polar surface area (TPSA) is 60.4 Å². The molecule has 0 N–H and O–H groups in total. The zero-order valence-electron chi connectivity index (χ0n) is 14.8. The molecule has 0 atom stereocenters. The number of aryl methyl sites for hydroxylation is 1. The first-order valence-corrected chi connectivity index (χ1v) is 9.88. The first-order valence-electron chi connectivity index (χ1n) is 8.68. The third-order valence-electron chi connectivity index (χ3n) is 4.66. The van der Waals surface area contributed by atoms with Crippen molar-refractivity contribution in [3.05, 3.63) is 75.6 Å². The van der Waals surface area contributed by atoms with Gasteiger partial charge in [0.25, 0.3) is 0 Å². The molecule has 0 amide bonds. The molecule has 28 heavy (non-hydrogen) atoms. The van der Waals surface area contributed by atoms with E-state index in [0.717, 1.165) is 39.0 Å². The molecule has 0 aliphatic heterocycles. The van der Waals surface area contributed by atoms with Gasteiger partial charge in [-0.15, -0.1) is 0 Å². The minimum atomic E-state index is 0.437. The summed E-state index contributed by atoms with van der Waals surface area (Å²) in [7, 11) is 0. The number of aldehydes is 1. The lowest BCUT2D eigenvalue weighted by Gasteiger charge is -1.99. The van der Waals surface area contributed by atoms with Gasteiger partial charge in [-0.2, -0.15) is 9.61 Å². The second kappa shape index (κ2) is 6.58. The van der Waals surface area contributed by atoms with Gasteiger partial charge < -0.3 is 4.42 Å². The van der Waals surface area contributed by atoms with Crippen LogP contribution in [-0.4, -0.2) is 20.9 Å². The summed E-state index contributed by atoms with van der Waals surface area (Å²) in [6, 6.07) is 13.4. The Morgan fingerprint density at radius 2 is 2.04 bits per heavy atom. The number of rotatable bonds is 4. The van der Waals surface area contributed by atoms with Gasteiger partial charge in [0.1, 0.15) is 22.0 Å². The van der Waals surface area contributed by atoms with Crippen LogP contribution >= 0.6 is 22.9 Å². The third-order valence-corrected chi connectivity index (χ3v) is 5.82. The highest BCUT2D eigenvalue weighted by Gasteiger charge is 2.18. The van der Waals surface area contributed by atoms with Crippen molar-refractivity contribution in [2.45, 2.75) is 13.3 Å². The number of fused-ring (bicyclic) bond motifs is 2. The first kappa shape index (κ1) is 17.2. The Kier molecular flexibility index (Phi) is 4.03. The molecular formula is C21H14ClN3O2S. The van der Waals surface area contributed by atoms with Crippen LogP contribution in [0.15, 0.2) is 53.1 Å². The monoisotopic (exact) mass is 407 g/mol. The Hall–Kier alpha value is -2.96. The largest absolute Gasteiger partial charge is 0.464 e.